The first-order valence-corrected chi connectivity index (χ1v) is 7.34. The van der Waals surface area contributed by atoms with Gasteiger partial charge in [0.1, 0.15) is 0 Å². The van der Waals surface area contributed by atoms with E-state index >= 15 is 0 Å². The fourth-order valence-electron chi connectivity index (χ4n) is 1.31. The number of halogens is 2. The highest BCUT2D eigenvalue weighted by Gasteiger charge is 1.87. The molecule has 18 heavy (non-hydrogen) atoms. The van der Waals surface area contributed by atoms with Gasteiger partial charge in [-0.1, -0.05) is 63.0 Å². The number of aliphatic hydroxyl groups excluding tert-OH is 1. The highest BCUT2D eigenvalue weighted by atomic mass is 79.9. The molecule has 0 unspecified atom stereocenters. The Labute approximate surface area is 125 Å². The van der Waals surface area contributed by atoms with Crippen LogP contribution in [-0.2, 0) is 13.0 Å². The molecule has 2 aromatic carbocycles. The van der Waals surface area contributed by atoms with Crippen LogP contribution in [0, 0.1) is 0 Å². The maximum atomic E-state index is 8.61. The van der Waals surface area contributed by atoms with Crippen molar-refractivity contribution in [1.29, 1.82) is 0 Å². The Morgan fingerprint density at radius 3 is 1.50 bits per heavy atom. The third-order valence-corrected chi connectivity index (χ3v) is 3.47. The van der Waals surface area contributed by atoms with Gasteiger partial charge in [-0.15, -0.1) is 0 Å². The van der Waals surface area contributed by atoms with Crippen LogP contribution in [0.2, 0.25) is 0 Å². The van der Waals surface area contributed by atoms with Crippen LogP contribution in [0.1, 0.15) is 18.1 Å². The number of aryl methyl sites for hydroxylation is 1. The third kappa shape index (κ3) is 5.80. The molecule has 0 radical (unpaired) electrons. The second-order valence-corrected chi connectivity index (χ2v) is 5.60. The average molecular weight is 372 g/mol. The van der Waals surface area contributed by atoms with Crippen molar-refractivity contribution in [2.45, 2.75) is 20.0 Å². The Kier molecular flexibility index (Phi) is 7.25. The van der Waals surface area contributed by atoms with Crippen LogP contribution in [0.5, 0.6) is 0 Å². The Bertz CT molecular complexity index is 403. The first-order valence-electron chi connectivity index (χ1n) is 5.75. The van der Waals surface area contributed by atoms with Crippen molar-refractivity contribution in [3.8, 4) is 0 Å². The lowest BCUT2D eigenvalue weighted by atomic mass is 10.2. The summed E-state index contributed by atoms with van der Waals surface area (Å²) < 4.78 is 2.19. The standard InChI is InChI=1S/C8H9Br.C7H7BrO/c1-2-7-3-5-8(9)6-4-7;8-7-3-1-6(5-9)2-4-7/h3-6H,2H2,1H3;1-4,9H,5H2. The molecule has 2 rings (SSSR count). The molecule has 1 N–H and O–H groups in total. The van der Waals surface area contributed by atoms with Crippen LogP contribution < -0.4 is 0 Å². The van der Waals surface area contributed by atoms with Gasteiger partial charge in [0, 0.05) is 8.95 Å². The molecule has 0 fully saturated rings. The second-order valence-electron chi connectivity index (χ2n) is 3.76. The predicted molar refractivity (Wildman–Crippen MR) is 83.6 cm³/mol. The molecular formula is C15H16Br2O. The Hall–Kier alpha value is -0.640. The maximum Gasteiger partial charge on any atom is 0.0681 e. The summed E-state index contributed by atoms with van der Waals surface area (Å²) in [4.78, 5) is 0. The van der Waals surface area contributed by atoms with E-state index in [0.29, 0.717) is 0 Å². The molecule has 0 heterocycles. The molecule has 3 heteroatoms. The molecule has 2 aromatic rings. The van der Waals surface area contributed by atoms with Gasteiger partial charge in [-0.3, -0.25) is 0 Å². The zero-order valence-electron chi connectivity index (χ0n) is 10.2. The van der Waals surface area contributed by atoms with Crippen LogP contribution in [0.4, 0.5) is 0 Å². The lowest BCUT2D eigenvalue weighted by Crippen LogP contribution is -1.79. The van der Waals surface area contributed by atoms with Crippen LogP contribution >= 0.6 is 31.9 Å². The highest BCUT2D eigenvalue weighted by Crippen LogP contribution is 2.10. The van der Waals surface area contributed by atoms with E-state index in [1.165, 1.54) is 5.56 Å². The summed E-state index contributed by atoms with van der Waals surface area (Å²) in [5, 5.41) is 8.61. The van der Waals surface area contributed by atoms with Crippen molar-refractivity contribution in [1.82, 2.24) is 0 Å². The topological polar surface area (TPSA) is 20.2 Å². The quantitative estimate of drug-likeness (QED) is 0.791. The van der Waals surface area contributed by atoms with Crippen molar-refractivity contribution in [3.05, 3.63) is 68.6 Å². The molecule has 0 aliphatic carbocycles. The second kappa shape index (κ2) is 8.46. The van der Waals surface area contributed by atoms with Crippen molar-refractivity contribution in [3.63, 3.8) is 0 Å². The minimum atomic E-state index is 0.118. The SMILES string of the molecule is CCc1ccc(Br)cc1.OCc1ccc(Br)cc1. The minimum absolute atomic E-state index is 0.118. The fraction of sp³-hybridized carbons (Fsp3) is 0.200. The van der Waals surface area contributed by atoms with E-state index in [-0.39, 0.29) is 6.61 Å². The number of hydrogen-bond acceptors (Lipinski definition) is 1. The molecule has 0 atom stereocenters. The van der Waals surface area contributed by atoms with Gasteiger partial charge in [0.05, 0.1) is 6.61 Å². The molecule has 0 amide bonds. The average Bonchev–Trinajstić information content (AvgIpc) is 2.41. The van der Waals surface area contributed by atoms with Gasteiger partial charge in [0.2, 0.25) is 0 Å². The minimum Gasteiger partial charge on any atom is -0.392 e. The van der Waals surface area contributed by atoms with E-state index in [9.17, 15) is 0 Å². The summed E-state index contributed by atoms with van der Waals surface area (Å²) in [5.41, 5.74) is 2.33. The Morgan fingerprint density at radius 1 is 0.778 bits per heavy atom. The van der Waals surface area contributed by atoms with E-state index in [1.807, 2.05) is 24.3 Å². The number of benzene rings is 2. The van der Waals surface area contributed by atoms with Gasteiger partial charge in [-0.25, -0.2) is 0 Å². The van der Waals surface area contributed by atoms with Crippen molar-refractivity contribution < 1.29 is 5.11 Å². The highest BCUT2D eigenvalue weighted by molar-refractivity contribution is 9.10. The van der Waals surface area contributed by atoms with Crippen LogP contribution in [-0.4, -0.2) is 5.11 Å². The van der Waals surface area contributed by atoms with E-state index in [2.05, 4.69) is 63.0 Å². The zero-order chi connectivity index (χ0) is 13.4. The zero-order valence-corrected chi connectivity index (χ0v) is 13.4. The molecule has 1 nitrogen and oxygen atoms in total. The lowest BCUT2D eigenvalue weighted by Gasteiger charge is -1.93. The summed E-state index contributed by atoms with van der Waals surface area (Å²) in [6.45, 7) is 2.27. The molecule has 96 valence electrons. The van der Waals surface area contributed by atoms with E-state index in [0.717, 1.165) is 20.9 Å². The maximum absolute atomic E-state index is 8.61. The van der Waals surface area contributed by atoms with Gasteiger partial charge in [0.15, 0.2) is 0 Å². The van der Waals surface area contributed by atoms with Gasteiger partial charge in [-0.2, -0.15) is 0 Å². The number of aliphatic hydroxyl groups is 1. The summed E-state index contributed by atoms with van der Waals surface area (Å²) in [5.74, 6) is 0. The molecule has 0 bridgehead atoms. The smallest absolute Gasteiger partial charge is 0.0681 e. The molecule has 0 aliphatic heterocycles. The lowest BCUT2D eigenvalue weighted by molar-refractivity contribution is 0.282. The normalized spacial score (nSPS) is 9.56. The third-order valence-electron chi connectivity index (χ3n) is 2.42. The van der Waals surface area contributed by atoms with E-state index < -0.39 is 0 Å². The Morgan fingerprint density at radius 2 is 1.17 bits per heavy atom. The van der Waals surface area contributed by atoms with Crippen molar-refractivity contribution in [2.24, 2.45) is 0 Å². The van der Waals surface area contributed by atoms with E-state index in [1.54, 1.807) is 0 Å². The van der Waals surface area contributed by atoms with Gasteiger partial charge in [-0.05, 0) is 41.8 Å². The molecule has 0 spiro atoms. The van der Waals surface area contributed by atoms with Gasteiger partial charge >= 0.3 is 0 Å². The molecular weight excluding hydrogens is 356 g/mol. The monoisotopic (exact) mass is 370 g/mol. The fourth-order valence-corrected chi connectivity index (χ4v) is 1.84. The van der Waals surface area contributed by atoms with Crippen LogP contribution in [0.15, 0.2) is 57.5 Å². The number of hydrogen-bond donors (Lipinski definition) is 1. The molecule has 0 aliphatic rings. The molecule has 0 saturated heterocycles. The van der Waals surface area contributed by atoms with Crippen molar-refractivity contribution >= 4 is 31.9 Å². The van der Waals surface area contributed by atoms with E-state index in [4.69, 9.17) is 5.11 Å². The van der Waals surface area contributed by atoms with Gasteiger partial charge < -0.3 is 5.11 Å². The Balaban J connectivity index is 0.000000180. The van der Waals surface area contributed by atoms with Crippen molar-refractivity contribution in [2.75, 3.05) is 0 Å². The summed E-state index contributed by atoms with van der Waals surface area (Å²) >= 11 is 6.67. The first kappa shape index (κ1) is 15.4. The summed E-state index contributed by atoms with van der Waals surface area (Å²) in [6, 6.07) is 16.0. The molecule has 0 aromatic heterocycles. The van der Waals surface area contributed by atoms with Crippen LogP contribution in [0.3, 0.4) is 0 Å². The largest absolute Gasteiger partial charge is 0.392 e. The predicted octanol–water partition coefficient (Wildman–Crippen LogP) is 4.95. The summed E-state index contributed by atoms with van der Waals surface area (Å²) in [6.07, 6.45) is 1.12. The van der Waals surface area contributed by atoms with Crippen LogP contribution in [0.25, 0.3) is 0 Å². The number of rotatable bonds is 2. The molecule has 0 saturated carbocycles. The first-order chi connectivity index (χ1) is 8.65. The van der Waals surface area contributed by atoms with Gasteiger partial charge in [0.25, 0.3) is 0 Å². The summed E-state index contributed by atoms with van der Waals surface area (Å²) in [7, 11) is 0.